The van der Waals surface area contributed by atoms with Crippen LogP contribution in [0.5, 0.6) is 0 Å². The molecule has 0 spiro atoms. The van der Waals surface area contributed by atoms with Gasteiger partial charge in [0, 0.05) is 18.1 Å². The van der Waals surface area contributed by atoms with E-state index in [2.05, 4.69) is 20.1 Å². The van der Waals surface area contributed by atoms with Crippen LogP contribution in [-0.4, -0.2) is 39.2 Å². The molecule has 0 amide bonds. The maximum absolute atomic E-state index is 14.4. The summed E-state index contributed by atoms with van der Waals surface area (Å²) in [5, 5.41) is 7.52. The van der Waals surface area contributed by atoms with E-state index < -0.39 is 6.08 Å². The lowest BCUT2D eigenvalue weighted by Crippen LogP contribution is -2.43. The zero-order valence-corrected chi connectivity index (χ0v) is 14.1. The van der Waals surface area contributed by atoms with Crippen molar-refractivity contribution in [3.63, 3.8) is 0 Å². The minimum atomic E-state index is -0.586. The third-order valence-corrected chi connectivity index (χ3v) is 5.09. The number of fused-ring (bicyclic) bond motifs is 6. The molecule has 0 radical (unpaired) electrons. The van der Waals surface area contributed by atoms with Crippen LogP contribution in [0.1, 0.15) is 29.9 Å². The number of hydrazine groups is 1. The third-order valence-electron chi connectivity index (χ3n) is 5.09. The van der Waals surface area contributed by atoms with Crippen LogP contribution in [-0.2, 0) is 4.74 Å². The van der Waals surface area contributed by atoms with E-state index in [0.717, 1.165) is 17.7 Å². The quantitative estimate of drug-likeness (QED) is 0.686. The summed E-state index contributed by atoms with van der Waals surface area (Å²) in [5.41, 5.74) is 1.58. The van der Waals surface area contributed by atoms with Crippen LogP contribution in [0.4, 0.5) is 16.2 Å². The Kier molecular flexibility index (Phi) is 2.95. The first-order valence-corrected chi connectivity index (χ1v) is 8.67. The van der Waals surface area contributed by atoms with Gasteiger partial charge in [-0.3, -0.25) is 4.57 Å². The van der Waals surface area contributed by atoms with Crippen molar-refractivity contribution in [3.05, 3.63) is 47.9 Å². The molecular weight excluding hydrogens is 353 g/mol. The summed E-state index contributed by atoms with van der Waals surface area (Å²) in [5.74, 6) is 1.27. The highest BCUT2D eigenvalue weighted by Crippen LogP contribution is 2.43. The second-order valence-corrected chi connectivity index (χ2v) is 6.60. The van der Waals surface area contributed by atoms with Gasteiger partial charge >= 0.3 is 6.01 Å². The molecule has 10 heteroatoms. The first kappa shape index (κ1) is 14.9. The molecule has 136 valence electrons. The lowest BCUT2D eigenvalue weighted by molar-refractivity contribution is 0.192. The molecule has 0 aliphatic carbocycles. The number of rotatable bonds is 2. The Hall–Kier alpha value is -3.27. The number of aromatic nitrogens is 4. The van der Waals surface area contributed by atoms with Crippen molar-refractivity contribution in [2.45, 2.75) is 18.5 Å². The second-order valence-electron chi connectivity index (χ2n) is 6.60. The first-order valence-electron chi connectivity index (χ1n) is 8.67. The molecule has 1 aromatic carbocycles. The summed E-state index contributed by atoms with van der Waals surface area (Å²) < 4.78 is 26.7. The van der Waals surface area contributed by atoms with Crippen LogP contribution in [0, 0.1) is 6.08 Å². The summed E-state index contributed by atoms with van der Waals surface area (Å²) in [6, 6.07) is 7.81. The maximum atomic E-state index is 14.4. The van der Waals surface area contributed by atoms with Gasteiger partial charge in [-0.2, -0.15) is 14.4 Å². The van der Waals surface area contributed by atoms with Gasteiger partial charge < -0.3 is 9.26 Å². The first-order chi connectivity index (χ1) is 13.3. The minimum Gasteiger partial charge on any atom is -0.381 e. The molecule has 9 nitrogen and oxygen atoms in total. The number of hydrogen-bond acceptors (Lipinski definition) is 8. The number of para-hydroxylation sites is 1. The Bertz CT molecular complexity index is 1060. The molecular formula is C17H14FN7O2. The molecule has 6 rings (SSSR count). The topological polar surface area (TPSA) is 84.8 Å². The fourth-order valence-electron chi connectivity index (χ4n) is 3.79. The van der Waals surface area contributed by atoms with Crippen LogP contribution in [0.3, 0.4) is 0 Å². The molecule has 0 bridgehead atoms. The molecule has 2 atom stereocenters. The van der Waals surface area contributed by atoms with E-state index in [0.29, 0.717) is 24.9 Å². The maximum Gasteiger partial charge on any atom is 0.348 e. The van der Waals surface area contributed by atoms with Crippen molar-refractivity contribution >= 4 is 18.2 Å². The van der Waals surface area contributed by atoms with Gasteiger partial charge in [-0.05, 0) is 12.5 Å². The van der Waals surface area contributed by atoms with E-state index >= 15 is 0 Å². The highest BCUT2D eigenvalue weighted by atomic mass is 19.1. The molecule has 3 aromatic rings. The van der Waals surface area contributed by atoms with Crippen molar-refractivity contribution in [1.82, 2.24) is 19.7 Å². The van der Waals surface area contributed by atoms with E-state index in [1.807, 2.05) is 24.3 Å². The lowest BCUT2D eigenvalue weighted by atomic mass is 10.1. The molecule has 0 saturated carbocycles. The van der Waals surface area contributed by atoms with Gasteiger partial charge in [0.25, 0.3) is 6.08 Å². The van der Waals surface area contributed by atoms with E-state index in [1.165, 1.54) is 10.8 Å². The summed E-state index contributed by atoms with van der Waals surface area (Å²) in [4.78, 5) is 12.9. The van der Waals surface area contributed by atoms with Crippen molar-refractivity contribution in [2.24, 2.45) is 4.99 Å². The molecule has 3 aliphatic heterocycles. The number of aliphatic imine (C=N–C) groups is 1. The van der Waals surface area contributed by atoms with Gasteiger partial charge in [0.2, 0.25) is 0 Å². The SMILES string of the molecule is Fc1ncc2n1-c1ccccc1C1N=CN(c3nc(C4CCOC4)no3)N21. The van der Waals surface area contributed by atoms with E-state index in [4.69, 9.17) is 9.26 Å². The number of nitrogens with zero attached hydrogens (tertiary/aromatic N) is 7. The molecule has 1 fully saturated rings. The minimum absolute atomic E-state index is 0.128. The molecule has 27 heavy (non-hydrogen) atoms. The largest absolute Gasteiger partial charge is 0.381 e. The standard InChI is InChI=1S/C17H14FN7O2/c18-16-19-7-13-24(16)12-4-2-1-3-11(12)15-20-9-23(25(13)15)17-21-14(22-27-17)10-5-6-26-8-10/h1-4,7,9-10,15H,5-6,8H2. The smallest absolute Gasteiger partial charge is 0.348 e. The van der Waals surface area contributed by atoms with Crippen LogP contribution in [0.2, 0.25) is 0 Å². The number of halogens is 1. The Morgan fingerprint density at radius 1 is 1.22 bits per heavy atom. The molecule has 0 N–H and O–H groups in total. The number of imidazole rings is 1. The zero-order valence-electron chi connectivity index (χ0n) is 14.1. The average Bonchev–Trinajstić information content (AvgIpc) is 3.46. The van der Waals surface area contributed by atoms with Crippen molar-refractivity contribution in [3.8, 4) is 5.69 Å². The van der Waals surface area contributed by atoms with E-state index in [1.54, 1.807) is 16.4 Å². The highest BCUT2D eigenvalue weighted by Gasteiger charge is 2.41. The molecule has 5 heterocycles. The van der Waals surface area contributed by atoms with Crippen LogP contribution < -0.4 is 10.0 Å². The van der Waals surface area contributed by atoms with Crippen molar-refractivity contribution < 1.29 is 13.7 Å². The monoisotopic (exact) mass is 367 g/mol. The van der Waals surface area contributed by atoms with Crippen LogP contribution >= 0.6 is 0 Å². The Morgan fingerprint density at radius 3 is 3.04 bits per heavy atom. The number of ether oxygens (including phenoxy) is 1. The zero-order chi connectivity index (χ0) is 18.0. The number of hydrogen-bond donors (Lipinski definition) is 0. The third kappa shape index (κ3) is 2.01. The predicted octanol–water partition coefficient (Wildman–Crippen LogP) is 2.18. The van der Waals surface area contributed by atoms with Crippen LogP contribution in [0.15, 0.2) is 40.0 Å². The van der Waals surface area contributed by atoms with Gasteiger partial charge in [-0.1, -0.05) is 23.4 Å². The molecule has 1 saturated heterocycles. The summed E-state index contributed by atoms with van der Waals surface area (Å²) in [6.45, 7) is 1.29. The summed E-state index contributed by atoms with van der Waals surface area (Å²) >= 11 is 0. The number of benzene rings is 1. The predicted molar refractivity (Wildman–Crippen MR) is 92.2 cm³/mol. The highest BCUT2D eigenvalue weighted by molar-refractivity contribution is 5.84. The van der Waals surface area contributed by atoms with Gasteiger partial charge in [-0.25, -0.2) is 15.0 Å². The fourth-order valence-corrected chi connectivity index (χ4v) is 3.79. The second kappa shape index (κ2) is 5.36. The van der Waals surface area contributed by atoms with E-state index in [9.17, 15) is 4.39 Å². The lowest BCUT2D eigenvalue weighted by Gasteiger charge is -2.35. The summed E-state index contributed by atoms with van der Waals surface area (Å²) in [7, 11) is 0. The van der Waals surface area contributed by atoms with Gasteiger partial charge in [0.1, 0.15) is 6.34 Å². The van der Waals surface area contributed by atoms with Gasteiger partial charge in [-0.15, -0.1) is 0 Å². The van der Waals surface area contributed by atoms with Gasteiger partial charge in [0.05, 0.1) is 18.5 Å². The molecule has 3 aliphatic rings. The van der Waals surface area contributed by atoms with Gasteiger partial charge in [0.15, 0.2) is 17.8 Å². The normalized spacial score (nSPS) is 22.9. The van der Waals surface area contributed by atoms with Crippen LogP contribution in [0.25, 0.3) is 5.69 Å². The Balaban J connectivity index is 1.44. The number of anilines is 2. The Morgan fingerprint density at radius 2 is 2.15 bits per heavy atom. The van der Waals surface area contributed by atoms with Crippen molar-refractivity contribution in [2.75, 3.05) is 23.2 Å². The van der Waals surface area contributed by atoms with E-state index in [-0.39, 0.29) is 18.1 Å². The summed E-state index contributed by atoms with van der Waals surface area (Å²) in [6.07, 6.45) is 3.02. The fraction of sp³-hybridized carbons (Fsp3) is 0.294. The Labute approximate surface area is 152 Å². The average molecular weight is 367 g/mol. The molecule has 2 unspecified atom stereocenters. The molecule has 2 aromatic heterocycles. The van der Waals surface area contributed by atoms with Crippen molar-refractivity contribution in [1.29, 1.82) is 0 Å².